The van der Waals surface area contributed by atoms with Crippen LogP contribution in [0.2, 0.25) is 0 Å². The van der Waals surface area contributed by atoms with E-state index >= 15 is 0 Å². The van der Waals surface area contributed by atoms with E-state index in [-0.39, 0.29) is 5.41 Å². The Labute approximate surface area is 103 Å². The number of aryl methyl sites for hydroxylation is 2. The Morgan fingerprint density at radius 1 is 1.35 bits per heavy atom. The van der Waals surface area contributed by atoms with Gasteiger partial charge in [0.05, 0.1) is 11.0 Å². The van der Waals surface area contributed by atoms with E-state index in [1.54, 1.807) is 0 Å². The molecule has 0 unspecified atom stereocenters. The Balaban J connectivity index is 2.72. The largest absolute Gasteiger partial charge is 0.331 e. The van der Waals surface area contributed by atoms with E-state index in [1.807, 2.05) is 0 Å². The van der Waals surface area contributed by atoms with Crippen LogP contribution in [0.4, 0.5) is 0 Å². The predicted molar refractivity (Wildman–Crippen MR) is 72.2 cm³/mol. The second kappa shape index (κ2) is 4.15. The molecule has 0 aliphatic heterocycles. The normalized spacial score (nSPS) is 12.3. The molecule has 0 radical (unpaired) electrons. The van der Waals surface area contributed by atoms with Crippen molar-refractivity contribution in [3.8, 4) is 0 Å². The second-order valence-electron chi connectivity index (χ2n) is 5.22. The molecule has 3 nitrogen and oxygen atoms in total. The molecule has 2 N–H and O–H groups in total. The Kier molecular flexibility index (Phi) is 2.96. The highest BCUT2D eigenvalue weighted by Gasteiger charge is 2.25. The van der Waals surface area contributed by atoms with Crippen molar-refractivity contribution >= 4 is 11.0 Å². The minimum absolute atomic E-state index is 0.0845. The molecule has 1 heterocycles. The number of hydrogen-bond donors (Lipinski definition) is 1. The summed E-state index contributed by atoms with van der Waals surface area (Å²) in [6, 6.07) is 6.37. The fourth-order valence-corrected chi connectivity index (χ4v) is 2.25. The molecule has 0 fully saturated rings. The number of fused-ring (bicyclic) bond motifs is 1. The average molecular weight is 231 g/mol. The van der Waals surface area contributed by atoms with E-state index < -0.39 is 0 Å². The third-order valence-corrected chi connectivity index (χ3v) is 3.49. The van der Waals surface area contributed by atoms with Gasteiger partial charge in [-0.05, 0) is 18.1 Å². The molecule has 0 bridgehead atoms. The lowest BCUT2D eigenvalue weighted by molar-refractivity contribution is 0.487. The van der Waals surface area contributed by atoms with Crippen LogP contribution in [0, 0.1) is 0 Å². The summed E-state index contributed by atoms with van der Waals surface area (Å²) >= 11 is 0. The standard InChI is InChI=1S/C14H21N3/c1-5-10-7-6-8-11-12(10)16-13(17(11)4)14(2,3)9-15/h6-8H,5,9,15H2,1-4H3. The average Bonchev–Trinajstić information content (AvgIpc) is 2.68. The Morgan fingerprint density at radius 2 is 2.06 bits per heavy atom. The van der Waals surface area contributed by atoms with Crippen molar-refractivity contribution in [2.24, 2.45) is 12.8 Å². The van der Waals surface area contributed by atoms with E-state index in [1.165, 1.54) is 11.1 Å². The van der Waals surface area contributed by atoms with Crippen molar-refractivity contribution in [2.75, 3.05) is 6.54 Å². The van der Waals surface area contributed by atoms with Crippen LogP contribution >= 0.6 is 0 Å². The summed E-state index contributed by atoms with van der Waals surface area (Å²) in [4.78, 5) is 4.81. The summed E-state index contributed by atoms with van der Waals surface area (Å²) in [6.07, 6.45) is 1.01. The number of hydrogen-bond acceptors (Lipinski definition) is 2. The summed E-state index contributed by atoms with van der Waals surface area (Å²) in [7, 11) is 2.07. The van der Waals surface area contributed by atoms with Crippen LogP contribution in [0.3, 0.4) is 0 Å². The third kappa shape index (κ3) is 1.84. The maximum Gasteiger partial charge on any atom is 0.116 e. The van der Waals surface area contributed by atoms with Crippen molar-refractivity contribution in [1.82, 2.24) is 9.55 Å². The topological polar surface area (TPSA) is 43.8 Å². The molecule has 0 aliphatic rings. The van der Waals surface area contributed by atoms with Crippen LogP contribution in [0.5, 0.6) is 0 Å². The minimum atomic E-state index is -0.0845. The molecule has 0 aliphatic carbocycles. The number of para-hydroxylation sites is 1. The quantitative estimate of drug-likeness (QED) is 0.881. The SMILES string of the molecule is CCc1cccc2c1nc(C(C)(C)CN)n2C. The van der Waals surface area contributed by atoms with Gasteiger partial charge in [-0.15, -0.1) is 0 Å². The Hall–Kier alpha value is -1.35. The van der Waals surface area contributed by atoms with Crippen LogP contribution in [0.15, 0.2) is 18.2 Å². The molecule has 0 saturated carbocycles. The minimum Gasteiger partial charge on any atom is -0.331 e. The van der Waals surface area contributed by atoms with Crippen molar-refractivity contribution in [2.45, 2.75) is 32.6 Å². The van der Waals surface area contributed by atoms with Crippen LogP contribution in [-0.4, -0.2) is 16.1 Å². The summed E-state index contributed by atoms with van der Waals surface area (Å²) in [5, 5.41) is 0. The summed E-state index contributed by atoms with van der Waals surface area (Å²) < 4.78 is 2.17. The fraction of sp³-hybridized carbons (Fsp3) is 0.500. The number of nitrogens with zero attached hydrogens (tertiary/aromatic N) is 2. The van der Waals surface area contributed by atoms with Gasteiger partial charge in [0.2, 0.25) is 0 Å². The fourth-order valence-electron chi connectivity index (χ4n) is 2.25. The van der Waals surface area contributed by atoms with Gasteiger partial charge in [0.1, 0.15) is 5.82 Å². The van der Waals surface area contributed by atoms with Crippen LogP contribution < -0.4 is 5.73 Å². The maximum absolute atomic E-state index is 5.85. The zero-order valence-corrected chi connectivity index (χ0v) is 11.1. The molecule has 92 valence electrons. The van der Waals surface area contributed by atoms with Gasteiger partial charge in [0.15, 0.2) is 0 Å². The highest BCUT2D eigenvalue weighted by Crippen LogP contribution is 2.26. The number of aromatic nitrogens is 2. The van der Waals surface area contributed by atoms with Crippen LogP contribution in [0.25, 0.3) is 11.0 Å². The molecular weight excluding hydrogens is 210 g/mol. The van der Waals surface area contributed by atoms with Gasteiger partial charge in [-0.3, -0.25) is 0 Å². The lowest BCUT2D eigenvalue weighted by atomic mass is 9.93. The number of rotatable bonds is 3. The molecule has 0 spiro atoms. The maximum atomic E-state index is 5.85. The van der Waals surface area contributed by atoms with E-state index in [4.69, 9.17) is 10.7 Å². The smallest absolute Gasteiger partial charge is 0.116 e. The van der Waals surface area contributed by atoms with E-state index in [0.29, 0.717) is 6.54 Å². The number of imidazole rings is 1. The van der Waals surface area contributed by atoms with Gasteiger partial charge in [-0.25, -0.2) is 4.98 Å². The molecule has 0 atom stereocenters. The Morgan fingerprint density at radius 3 is 2.65 bits per heavy atom. The zero-order valence-electron chi connectivity index (χ0n) is 11.1. The summed E-state index contributed by atoms with van der Waals surface area (Å²) in [5.74, 6) is 1.07. The molecule has 2 aromatic rings. The van der Waals surface area contributed by atoms with Crippen molar-refractivity contribution in [3.05, 3.63) is 29.6 Å². The first-order valence-electron chi connectivity index (χ1n) is 6.16. The van der Waals surface area contributed by atoms with E-state index in [9.17, 15) is 0 Å². The highest BCUT2D eigenvalue weighted by atomic mass is 15.1. The number of benzene rings is 1. The van der Waals surface area contributed by atoms with E-state index in [2.05, 4.69) is 50.6 Å². The van der Waals surface area contributed by atoms with Gasteiger partial charge < -0.3 is 10.3 Å². The van der Waals surface area contributed by atoms with Crippen LogP contribution in [-0.2, 0) is 18.9 Å². The van der Waals surface area contributed by atoms with Gasteiger partial charge in [-0.2, -0.15) is 0 Å². The van der Waals surface area contributed by atoms with Crippen molar-refractivity contribution < 1.29 is 0 Å². The van der Waals surface area contributed by atoms with Crippen molar-refractivity contribution in [3.63, 3.8) is 0 Å². The molecule has 3 heteroatoms. The third-order valence-electron chi connectivity index (χ3n) is 3.49. The lowest BCUT2D eigenvalue weighted by Gasteiger charge is -2.21. The van der Waals surface area contributed by atoms with Gasteiger partial charge in [0, 0.05) is 19.0 Å². The first kappa shape index (κ1) is 12.1. The monoisotopic (exact) mass is 231 g/mol. The summed E-state index contributed by atoms with van der Waals surface area (Å²) in [6.45, 7) is 7.04. The van der Waals surface area contributed by atoms with Gasteiger partial charge in [-0.1, -0.05) is 32.9 Å². The first-order chi connectivity index (χ1) is 8.01. The lowest BCUT2D eigenvalue weighted by Crippen LogP contribution is -2.31. The molecule has 2 rings (SSSR count). The van der Waals surface area contributed by atoms with Crippen LogP contribution in [0.1, 0.15) is 32.2 Å². The molecular formula is C14H21N3. The molecule has 0 saturated heterocycles. The second-order valence-corrected chi connectivity index (χ2v) is 5.22. The molecule has 17 heavy (non-hydrogen) atoms. The highest BCUT2D eigenvalue weighted by molar-refractivity contribution is 5.79. The molecule has 1 aromatic carbocycles. The Bertz CT molecular complexity index is 538. The van der Waals surface area contributed by atoms with E-state index in [0.717, 1.165) is 17.8 Å². The molecule has 0 amide bonds. The molecule has 1 aromatic heterocycles. The zero-order chi connectivity index (χ0) is 12.6. The van der Waals surface area contributed by atoms with Gasteiger partial charge in [0.25, 0.3) is 0 Å². The number of nitrogens with two attached hydrogens (primary N) is 1. The van der Waals surface area contributed by atoms with Gasteiger partial charge >= 0.3 is 0 Å². The first-order valence-corrected chi connectivity index (χ1v) is 6.16. The predicted octanol–water partition coefficient (Wildman–Crippen LogP) is 2.37. The van der Waals surface area contributed by atoms with Crippen molar-refractivity contribution in [1.29, 1.82) is 0 Å². The summed E-state index contributed by atoms with van der Waals surface area (Å²) in [5.41, 5.74) is 9.38.